The number of piperazine rings is 1. The number of hydrogen-bond acceptors (Lipinski definition) is 4. The first-order valence-corrected chi connectivity index (χ1v) is 7.89. The molecule has 1 fully saturated rings. The minimum absolute atomic E-state index is 0.452. The monoisotopic (exact) mass is 331 g/mol. The number of benzene rings is 1. The first kappa shape index (κ1) is 18.0. The molecule has 2 N–H and O–H groups in total. The van der Waals surface area contributed by atoms with E-state index in [1.807, 2.05) is 24.3 Å². The highest BCUT2D eigenvalue weighted by Crippen LogP contribution is 2.17. The van der Waals surface area contributed by atoms with Crippen molar-refractivity contribution in [2.45, 2.75) is 12.6 Å². The highest BCUT2D eigenvalue weighted by atomic mass is 19.4. The van der Waals surface area contributed by atoms with Crippen molar-refractivity contribution in [3.05, 3.63) is 29.8 Å². The van der Waals surface area contributed by atoms with E-state index in [4.69, 9.17) is 10.5 Å². The second-order valence-corrected chi connectivity index (χ2v) is 5.76. The number of ether oxygens (including phenoxy) is 1. The number of halogens is 3. The van der Waals surface area contributed by atoms with Crippen LogP contribution in [0.2, 0.25) is 0 Å². The summed E-state index contributed by atoms with van der Waals surface area (Å²) in [5, 5.41) is 0. The Morgan fingerprint density at radius 2 is 1.61 bits per heavy atom. The molecule has 0 saturated carbocycles. The van der Waals surface area contributed by atoms with Gasteiger partial charge in [0.1, 0.15) is 12.4 Å². The minimum atomic E-state index is -4.11. The molecule has 1 saturated heterocycles. The van der Waals surface area contributed by atoms with Crippen molar-refractivity contribution in [1.82, 2.24) is 9.80 Å². The van der Waals surface area contributed by atoms with Gasteiger partial charge >= 0.3 is 6.18 Å². The fraction of sp³-hybridized carbons (Fsp3) is 0.625. The molecule has 0 aromatic heterocycles. The quantitative estimate of drug-likeness (QED) is 0.826. The van der Waals surface area contributed by atoms with E-state index in [1.54, 1.807) is 0 Å². The molecule has 1 aliphatic heterocycles. The van der Waals surface area contributed by atoms with Crippen molar-refractivity contribution >= 4 is 0 Å². The lowest BCUT2D eigenvalue weighted by molar-refractivity contribution is -0.149. The molecule has 130 valence electrons. The van der Waals surface area contributed by atoms with Gasteiger partial charge in [0.05, 0.1) is 6.54 Å². The van der Waals surface area contributed by atoms with Gasteiger partial charge in [-0.25, -0.2) is 0 Å². The predicted molar refractivity (Wildman–Crippen MR) is 83.6 cm³/mol. The summed E-state index contributed by atoms with van der Waals surface area (Å²) in [6, 6.07) is 7.84. The van der Waals surface area contributed by atoms with E-state index in [2.05, 4.69) is 4.90 Å². The summed E-state index contributed by atoms with van der Waals surface area (Å²) in [6.45, 7) is 3.28. The van der Waals surface area contributed by atoms with E-state index in [0.717, 1.165) is 18.7 Å². The van der Waals surface area contributed by atoms with Crippen LogP contribution in [0.5, 0.6) is 5.75 Å². The molecule has 1 aliphatic rings. The zero-order chi connectivity index (χ0) is 16.7. The summed E-state index contributed by atoms with van der Waals surface area (Å²) in [5.41, 5.74) is 6.68. The van der Waals surface area contributed by atoms with E-state index in [-0.39, 0.29) is 0 Å². The highest BCUT2D eigenvalue weighted by Gasteiger charge is 2.31. The van der Waals surface area contributed by atoms with Gasteiger partial charge < -0.3 is 10.5 Å². The van der Waals surface area contributed by atoms with Crippen molar-refractivity contribution in [2.24, 2.45) is 5.73 Å². The average Bonchev–Trinajstić information content (AvgIpc) is 2.50. The maximum atomic E-state index is 12.3. The van der Waals surface area contributed by atoms with E-state index >= 15 is 0 Å². The SMILES string of the molecule is NCCc1ccc(OCCN2CCN(CC(F)(F)F)CC2)cc1. The summed E-state index contributed by atoms with van der Waals surface area (Å²) < 4.78 is 42.6. The minimum Gasteiger partial charge on any atom is -0.492 e. The Bertz CT molecular complexity index is 457. The molecule has 0 unspecified atom stereocenters. The van der Waals surface area contributed by atoms with Crippen LogP contribution in [0.4, 0.5) is 13.2 Å². The molecule has 0 bridgehead atoms. The standard InChI is InChI=1S/C16H24F3N3O/c17-16(18,19)13-22-9-7-21(8-10-22)11-12-23-15-3-1-14(2-4-15)5-6-20/h1-4H,5-13,20H2. The third-order valence-corrected chi connectivity index (χ3v) is 3.90. The van der Waals surface area contributed by atoms with E-state index in [1.165, 1.54) is 10.5 Å². The smallest absolute Gasteiger partial charge is 0.401 e. The summed E-state index contributed by atoms with van der Waals surface area (Å²) in [7, 11) is 0. The van der Waals surface area contributed by atoms with Crippen LogP contribution >= 0.6 is 0 Å². The maximum Gasteiger partial charge on any atom is 0.401 e. The number of alkyl halides is 3. The number of hydrogen-bond donors (Lipinski definition) is 1. The molecule has 0 radical (unpaired) electrons. The molecule has 0 aliphatic carbocycles. The molecule has 0 spiro atoms. The van der Waals surface area contributed by atoms with Crippen LogP contribution in [0, 0.1) is 0 Å². The molecular weight excluding hydrogens is 307 g/mol. The van der Waals surface area contributed by atoms with Gasteiger partial charge in [-0.2, -0.15) is 13.2 Å². The zero-order valence-corrected chi connectivity index (χ0v) is 13.2. The van der Waals surface area contributed by atoms with Gasteiger partial charge in [0, 0.05) is 32.7 Å². The molecule has 1 aromatic rings. The second-order valence-electron chi connectivity index (χ2n) is 5.76. The normalized spacial score (nSPS) is 17.4. The lowest BCUT2D eigenvalue weighted by Crippen LogP contribution is -2.49. The van der Waals surface area contributed by atoms with Gasteiger partial charge in [-0.05, 0) is 30.7 Å². The maximum absolute atomic E-state index is 12.3. The van der Waals surface area contributed by atoms with E-state index < -0.39 is 12.7 Å². The van der Waals surface area contributed by atoms with Crippen molar-refractivity contribution in [3.8, 4) is 5.75 Å². The van der Waals surface area contributed by atoms with Gasteiger partial charge in [0.15, 0.2) is 0 Å². The van der Waals surface area contributed by atoms with Gasteiger partial charge in [0.2, 0.25) is 0 Å². The fourth-order valence-corrected chi connectivity index (χ4v) is 2.64. The molecular formula is C16H24F3N3O. The Kier molecular flexibility index (Phi) is 6.68. The summed E-state index contributed by atoms with van der Waals surface area (Å²) in [6.07, 6.45) is -3.26. The van der Waals surface area contributed by atoms with Gasteiger partial charge in [-0.15, -0.1) is 0 Å². The van der Waals surface area contributed by atoms with Crippen LogP contribution < -0.4 is 10.5 Å². The summed E-state index contributed by atoms with van der Waals surface area (Å²) in [5.74, 6) is 0.807. The average molecular weight is 331 g/mol. The Hall–Kier alpha value is -1.31. The lowest BCUT2D eigenvalue weighted by Gasteiger charge is -2.34. The van der Waals surface area contributed by atoms with E-state index in [9.17, 15) is 13.2 Å². The molecule has 0 atom stereocenters. The lowest BCUT2D eigenvalue weighted by atomic mass is 10.1. The van der Waals surface area contributed by atoms with Crippen molar-refractivity contribution in [3.63, 3.8) is 0 Å². The fourth-order valence-electron chi connectivity index (χ4n) is 2.64. The highest BCUT2D eigenvalue weighted by molar-refractivity contribution is 5.27. The van der Waals surface area contributed by atoms with Crippen LogP contribution in [0.15, 0.2) is 24.3 Å². The van der Waals surface area contributed by atoms with Crippen molar-refractivity contribution in [2.75, 3.05) is 52.4 Å². The Morgan fingerprint density at radius 3 is 2.17 bits per heavy atom. The van der Waals surface area contributed by atoms with Crippen molar-refractivity contribution < 1.29 is 17.9 Å². The van der Waals surface area contributed by atoms with Gasteiger partial charge in [0.25, 0.3) is 0 Å². The summed E-state index contributed by atoms with van der Waals surface area (Å²) >= 11 is 0. The van der Waals surface area contributed by atoms with Gasteiger partial charge in [-0.3, -0.25) is 9.80 Å². The molecule has 4 nitrogen and oxygen atoms in total. The van der Waals surface area contributed by atoms with Crippen LogP contribution in [0.25, 0.3) is 0 Å². The number of nitrogens with zero attached hydrogens (tertiary/aromatic N) is 2. The zero-order valence-electron chi connectivity index (χ0n) is 13.2. The first-order chi connectivity index (χ1) is 11.0. The largest absolute Gasteiger partial charge is 0.492 e. The summed E-state index contributed by atoms with van der Waals surface area (Å²) in [4.78, 5) is 3.59. The Labute approximate surface area is 135 Å². The van der Waals surface area contributed by atoms with Crippen LogP contribution in [-0.4, -0.2) is 68.4 Å². The van der Waals surface area contributed by atoms with E-state index in [0.29, 0.717) is 39.3 Å². The second kappa shape index (κ2) is 8.52. The molecule has 1 aromatic carbocycles. The third kappa shape index (κ3) is 6.76. The van der Waals surface area contributed by atoms with Crippen LogP contribution in [-0.2, 0) is 6.42 Å². The molecule has 7 heteroatoms. The first-order valence-electron chi connectivity index (χ1n) is 7.89. The molecule has 1 heterocycles. The number of nitrogens with two attached hydrogens (primary N) is 1. The molecule has 2 rings (SSSR count). The van der Waals surface area contributed by atoms with Crippen LogP contribution in [0.1, 0.15) is 5.56 Å². The van der Waals surface area contributed by atoms with Gasteiger partial charge in [-0.1, -0.05) is 12.1 Å². The Balaban J connectivity index is 1.64. The topological polar surface area (TPSA) is 41.7 Å². The predicted octanol–water partition coefficient (Wildman–Crippen LogP) is 1.75. The Morgan fingerprint density at radius 1 is 1.00 bits per heavy atom. The molecule has 23 heavy (non-hydrogen) atoms. The van der Waals surface area contributed by atoms with Crippen LogP contribution in [0.3, 0.4) is 0 Å². The number of rotatable bonds is 7. The third-order valence-electron chi connectivity index (χ3n) is 3.90. The molecule has 0 amide bonds. The van der Waals surface area contributed by atoms with Crippen molar-refractivity contribution in [1.29, 1.82) is 0 Å².